The molecule has 0 radical (unpaired) electrons. The van der Waals surface area contributed by atoms with Gasteiger partial charge in [0.1, 0.15) is 19.0 Å². The largest absolute Gasteiger partial charge is 0.486 e. The first-order valence-electron chi connectivity index (χ1n) is 10.8. The minimum atomic E-state index is -0.216. The summed E-state index contributed by atoms with van der Waals surface area (Å²) in [6.07, 6.45) is 1.86. The lowest BCUT2D eigenvalue weighted by molar-refractivity contribution is -0.137. The van der Waals surface area contributed by atoms with E-state index in [1.807, 2.05) is 36.1 Å². The number of likely N-dealkylation sites (tertiary alicyclic amines) is 1. The predicted molar refractivity (Wildman–Crippen MR) is 113 cm³/mol. The van der Waals surface area contributed by atoms with Gasteiger partial charge in [0.25, 0.3) is 0 Å². The third kappa shape index (κ3) is 4.75. The van der Waals surface area contributed by atoms with Crippen LogP contribution < -0.4 is 9.47 Å². The average Bonchev–Trinajstić information content (AvgIpc) is 2.77. The smallest absolute Gasteiger partial charge is 0.227 e. The molecule has 0 spiro atoms. The van der Waals surface area contributed by atoms with Crippen molar-refractivity contribution >= 4 is 5.91 Å². The SMILES string of the molecule is CCN(Cc1cccc2c1OCCO2)C(=O)C1CCCN(Cc2cccc(F)c2)C1. The van der Waals surface area contributed by atoms with Gasteiger partial charge >= 0.3 is 0 Å². The van der Waals surface area contributed by atoms with Crippen LogP contribution in [0.4, 0.5) is 4.39 Å². The first kappa shape index (κ1) is 20.7. The highest BCUT2D eigenvalue weighted by molar-refractivity contribution is 5.79. The van der Waals surface area contributed by atoms with Gasteiger partial charge in [0.2, 0.25) is 5.91 Å². The zero-order valence-electron chi connectivity index (χ0n) is 17.5. The molecule has 0 bridgehead atoms. The van der Waals surface area contributed by atoms with Gasteiger partial charge in [0.05, 0.1) is 5.92 Å². The van der Waals surface area contributed by atoms with Crippen LogP contribution >= 0.6 is 0 Å². The molecule has 4 rings (SSSR count). The Morgan fingerprint density at radius 2 is 2.03 bits per heavy atom. The van der Waals surface area contributed by atoms with E-state index in [-0.39, 0.29) is 17.6 Å². The highest BCUT2D eigenvalue weighted by atomic mass is 19.1. The molecule has 0 N–H and O–H groups in total. The molecule has 30 heavy (non-hydrogen) atoms. The number of halogens is 1. The van der Waals surface area contributed by atoms with E-state index < -0.39 is 0 Å². The number of para-hydroxylation sites is 1. The lowest BCUT2D eigenvalue weighted by atomic mass is 9.95. The van der Waals surface area contributed by atoms with Gasteiger partial charge in [-0.2, -0.15) is 0 Å². The number of nitrogens with zero attached hydrogens (tertiary/aromatic N) is 2. The summed E-state index contributed by atoms with van der Waals surface area (Å²) in [5.41, 5.74) is 1.93. The van der Waals surface area contributed by atoms with E-state index in [0.717, 1.165) is 42.0 Å². The second kappa shape index (κ2) is 9.47. The van der Waals surface area contributed by atoms with Crippen LogP contribution in [0.25, 0.3) is 0 Å². The molecular formula is C24H29FN2O3. The van der Waals surface area contributed by atoms with Gasteiger partial charge in [-0.05, 0) is 50.1 Å². The van der Waals surface area contributed by atoms with Crippen LogP contribution in [-0.2, 0) is 17.9 Å². The average molecular weight is 413 g/mol. The van der Waals surface area contributed by atoms with Gasteiger partial charge in [-0.1, -0.05) is 24.3 Å². The molecule has 1 amide bonds. The van der Waals surface area contributed by atoms with Crippen LogP contribution in [-0.4, -0.2) is 48.6 Å². The fourth-order valence-electron chi connectivity index (χ4n) is 4.36. The van der Waals surface area contributed by atoms with Gasteiger partial charge in [0.15, 0.2) is 11.5 Å². The van der Waals surface area contributed by atoms with Crippen molar-refractivity contribution in [3.63, 3.8) is 0 Å². The molecule has 2 heterocycles. The van der Waals surface area contributed by atoms with Gasteiger partial charge in [-0.25, -0.2) is 4.39 Å². The lowest BCUT2D eigenvalue weighted by Crippen LogP contribution is -2.44. The van der Waals surface area contributed by atoms with Crippen LogP contribution in [0.15, 0.2) is 42.5 Å². The Bertz CT molecular complexity index is 889. The monoisotopic (exact) mass is 412 g/mol. The third-order valence-electron chi connectivity index (χ3n) is 5.85. The number of rotatable bonds is 6. The molecule has 2 aromatic rings. The van der Waals surface area contributed by atoms with Gasteiger partial charge in [-0.15, -0.1) is 0 Å². The van der Waals surface area contributed by atoms with Gasteiger partial charge < -0.3 is 14.4 Å². The molecule has 1 atom stereocenters. The summed E-state index contributed by atoms with van der Waals surface area (Å²) in [4.78, 5) is 17.5. The molecule has 1 unspecified atom stereocenters. The van der Waals surface area contributed by atoms with Crippen LogP contribution in [0.3, 0.4) is 0 Å². The Hall–Kier alpha value is -2.60. The summed E-state index contributed by atoms with van der Waals surface area (Å²) in [5, 5.41) is 0. The number of amides is 1. The summed E-state index contributed by atoms with van der Waals surface area (Å²) < 4.78 is 25.0. The first-order chi connectivity index (χ1) is 14.6. The van der Waals surface area contributed by atoms with Crippen LogP contribution in [0.5, 0.6) is 11.5 Å². The standard InChI is InChI=1S/C24H29FN2O3/c1-2-27(17-19-7-4-10-22-23(19)30-13-12-29-22)24(28)20-8-5-11-26(16-20)15-18-6-3-9-21(25)14-18/h3-4,6-7,9-10,14,20H,2,5,8,11-13,15-17H2,1H3. The maximum absolute atomic E-state index is 13.5. The summed E-state index contributed by atoms with van der Waals surface area (Å²) >= 11 is 0. The number of carbonyl (C=O) groups excluding carboxylic acids is 1. The molecule has 6 heteroatoms. The molecule has 0 aromatic heterocycles. The summed E-state index contributed by atoms with van der Waals surface area (Å²) in [5.74, 6) is 1.43. The maximum Gasteiger partial charge on any atom is 0.227 e. The second-order valence-electron chi connectivity index (χ2n) is 8.00. The number of ether oxygens (including phenoxy) is 2. The fraction of sp³-hybridized carbons (Fsp3) is 0.458. The molecule has 0 aliphatic carbocycles. The molecular weight excluding hydrogens is 383 g/mol. The zero-order chi connectivity index (χ0) is 20.9. The predicted octanol–water partition coefficient (Wildman–Crippen LogP) is 3.86. The first-order valence-corrected chi connectivity index (χ1v) is 10.8. The lowest BCUT2D eigenvalue weighted by Gasteiger charge is -2.35. The third-order valence-corrected chi connectivity index (χ3v) is 5.85. The fourth-order valence-corrected chi connectivity index (χ4v) is 4.36. The molecule has 2 aromatic carbocycles. The Morgan fingerprint density at radius 1 is 1.20 bits per heavy atom. The number of benzene rings is 2. The topological polar surface area (TPSA) is 42.0 Å². The van der Waals surface area contributed by atoms with Crippen molar-refractivity contribution in [1.29, 1.82) is 0 Å². The van der Waals surface area contributed by atoms with E-state index in [1.54, 1.807) is 12.1 Å². The second-order valence-corrected chi connectivity index (χ2v) is 8.00. The normalized spacial score (nSPS) is 18.8. The molecule has 2 aliphatic heterocycles. The minimum absolute atomic E-state index is 0.0380. The zero-order valence-corrected chi connectivity index (χ0v) is 17.5. The van der Waals surface area contributed by atoms with Gasteiger partial charge in [0, 0.05) is 31.7 Å². The molecule has 1 fully saturated rings. The number of hydrogen-bond donors (Lipinski definition) is 0. The van der Waals surface area contributed by atoms with Crippen LogP contribution in [0, 0.1) is 11.7 Å². The quantitative estimate of drug-likeness (QED) is 0.723. The van der Waals surface area contributed by atoms with Crippen molar-refractivity contribution in [3.05, 3.63) is 59.4 Å². The molecule has 5 nitrogen and oxygen atoms in total. The maximum atomic E-state index is 13.5. The number of piperidine rings is 1. The highest BCUT2D eigenvalue weighted by Gasteiger charge is 2.29. The highest BCUT2D eigenvalue weighted by Crippen LogP contribution is 2.34. The van der Waals surface area contributed by atoms with Crippen molar-refractivity contribution in [2.45, 2.75) is 32.9 Å². The Balaban J connectivity index is 1.42. The van der Waals surface area contributed by atoms with E-state index in [2.05, 4.69) is 4.90 Å². The van der Waals surface area contributed by atoms with Crippen LogP contribution in [0.1, 0.15) is 30.9 Å². The molecule has 2 aliphatic rings. The number of carbonyl (C=O) groups is 1. The summed E-state index contributed by atoms with van der Waals surface area (Å²) in [6, 6.07) is 12.6. The van der Waals surface area contributed by atoms with Crippen molar-refractivity contribution in [2.24, 2.45) is 5.92 Å². The van der Waals surface area contributed by atoms with E-state index in [9.17, 15) is 9.18 Å². The van der Waals surface area contributed by atoms with E-state index in [1.165, 1.54) is 6.07 Å². The van der Waals surface area contributed by atoms with Crippen molar-refractivity contribution in [1.82, 2.24) is 9.80 Å². The minimum Gasteiger partial charge on any atom is -0.486 e. The van der Waals surface area contributed by atoms with Gasteiger partial charge in [-0.3, -0.25) is 9.69 Å². The van der Waals surface area contributed by atoms with Crippen molar-refractivity contribution < 1.29 is 18.7 Å². The Morgan fingerprint density at radius 3 is 2.87 bits per heavy atom. The number of fused-ring (bicyclic) bond motifs is 1. The Kier molecular flexibility index (Phi) is 6.53. The molecule has 160 valence electrons. The van der Waals surface area contributed by atoms with E-state index >= 15 is 0 Å². The molecule has 0 saturated carbocycles. The van der Waals surface area contributed by atoms with E-state index in [0.29, 0.717) is 39.4 Å². The summed E-state index contributed by atoms with van der Waals surface area (Å²) in [6.45, 7) is 6.56. The summed E-state index contributed by atoms with van der Waals surface area (Å²) in [7, 11) is 0. The number of hydrogen-bond acceptors (Lipinski definition) is 4. The van der Waals surface area contributed by atoms with Crippen molar-refractivity contribution in [2.75, 3.05) is 32.8 Å². The molecule has 1 saturated heterocycles. The Labute approximate surface area is 177 Å². The van der Waals surface area contributed by atoms with E-state index in [4.69, 9.17) is 9.47 Å². The van der Waals surface area contributed by atoms with Crippen molar-refractivity contribution in [3.8, 4) is 11.5 Å². The van der Waals surface area contributed by atoms with Crippen LogP contribution in [0.2, 0.25) is 0 Å².